The Labute approximate surface area is 316 Å². The number of rotatable bonds is 14. The number of carbonyl (C=O) groups is 5. The summed E-state index contributed by atoms with van der Waals surface area (Å²) >= 11 is 0. The number of ether oxygens (including phenoxy) is 2. The fraction of sp³-hybridized carbons (Fsp3) is 0.293. The van der Waals surface area contributed by atoms with Gasteiger partial charge < -0.3 is 0 Å². The summed E-state index contributed by atoms with van der Waals surface area (Å²) in [5.74, 6) is -2.89. The van der Waals surface area contributed by atoms with Crippen LogP contribution in [0.25, 0.3) is 0 Å². The van der Waals surface area contributed by atoms with Crippen LogP contribution in [0.5, 0.6) is 0 Å². The first-order valence-electron chi connectivity index (χ1n) is 17.9. The molecule has 2 saturated heterocycles. The first-order valence-corrected chi connectivity index (χ1v) is 23.4. The Morgan fingerprint density at radius 3 is 1.78 bits per heavy atom. The van der Waals surface area contributed by atoms with Gasteiger partial charge in [0.25, 0.3) is 0 Å². The Balaban J connectivity index is 1.58. The zero-order valence-corrected chi connectivity index (χ0v) is 32.9. The van der Waals surface area contributed by atoms with Gasteiger partial charge in [-0.15, -0.1) is 0 Å². The van der Waals surface area contributed by atoms with Gasteiger partial charge >= 0.3 is 317 Å². The zero-order chi connectivity index (χ0) is 38.7. The maximum absolute atomic E-state index is 15.3. The van der Waals surface area contributed by atoms with Gasteiger partial charge in [0, 0.05) is 0 Å². The number of amides is 2. The van der Waals surface area contributed by atoms with Crippen LogP contribution in [-0.4, -0.2) is 74.6 Å². The molecular weight excluding hydrogens is 724 g/mol. The van der Waals surface area contributed by atoms with E-state index in [1.807, 2.05) is 118 Å². The molecule has 2 fully saturated rings. The number of hydrogen-bond donors (Lipinski definition) is 0. The summed E-state index contributed by atoms with van der Waals surface area (Å²) in [6.07, 6.45) is -1.16. The van der Waals surface area contributed by atoms with Gasteiger partial charge in [-0.25, -0.2) is 0 Å². The van der Waals surface area contributed by atoms with Crippen LogP contribution in [0.4, 0.5) is 10.5 Å². The number of esters is 1. The quantitative estimate of drug-likeness (QED) is 0.0518. The molecule has 6 rings (SSSR count). The van der Waals surface area contributed by atoms with Crippen molar-refractivity contribution in [3.05, 3.63) is 121 Å². The van der Waals surface area contributed by atoms with Crippen LogP contribution in [0, 0.1) is 5.92 Å². The maximum atomic E-state index is 15.3. The average Bonchev–Trinajstić information content (AvgIpc) is 3.59. The van der Waals surface area contributed by atoms with E-state index in [9.17, 15) is 19.2 Å². The van der Waals surface area contributed by atoms with Crippen LogP contribution >= 0.6 is 6.98 Å². The van der Waals surface area contributed by atoms with Crippen molar-refractivity contribution in [1.82, 2.24) is 4.67 Å². The molecule has 0 saturated carbocycles. The molecule has 0 spiro atoms. The summed E-state index contributed by atoms with van der Waals surface area (Å²) in [6, 6.07) is 33.3. The van der Waals surface area contributed by atoms with Crippen LogP contribution in [0.2, 0.25) is 19.6 Å². The van der Waals surface area contributed by atoms with Gasteiger partial charge in [-0.3, -0.25) is 0 Å². The first kappa shape index (κ1) is 38.6. The number of anilines is 1. The van der Waals surface area contributed by atoms with Gasteiger partial charge in [-0.2, -0.15) is 0 Å². The van der Waals surface area contributed by atoms with Crippen molar-refractivity contribution in [2.45, 2.75) is 52.1 Å². The van der Waals surface area contributed by atoms with E-state index in [1.165, 1.54) is 11.8 Å². The SMILES string of the molecule is CC(=O)OCC(=O)OP(c1ccccc1)(c1ccccc1)(c1ccccc1)N1C(=O)[C@H]([C@@H](C)O[Si](C)(C)C)[C@H]1CC(=O)c1ccc(N2CCOC2=O)cc1. The molecule has 2 heterocycles. The second kappa shape index (κ2) is 15.3. The van der Waals surface area contributed by atoms with E-state index < -0.39 is 58.0 Å². The summed E-state index contributed by atoms with van der Waals surface area (Å²) < 4.78 is 25.4. The minimum absolute atomic E-state index is 0.132. The van der Waals surface area contributed by atoms with E-state index in [2.05, 4.69) is 0 Å². The number of ketones is 1. The number of benzene rings is 4. The predicted octanol–water partition coefficient (Wildman–Crippen LogP) is 5.75. The van der Waals surface area contributed by atoms with Crippen molar-refractivity contribution in [2.75, 3.05) is 24.7 Å². The average molecular weight is 769 g/mol. The van der Waals surface area contributed by atoms with E-state index in [-0.39, 0.29) is 24.7 Å². The molecule has 2 aliphatic heterocycles. The monoisotopic (exact) mass is 768 g/mol. The van der Waals surface area contributed by atoms with Crippen molar-refractivity contribution in [3.63, 3.8) is 0 Å². The molecule has 2 amide bonds. The van der Waals surface area contributed by atoms with Gasteiger partial charge in [-0.05, 0) is 0 Å². The topological polar surface area (TPSA) is 129 Å². The second-order valence-corrected chi connectivity index (χ2v) is 23.0. The summed E-state index contributed by atoms with van der Waals surface area (Å²) in [5.41, 5.74) is 0.987. The van der Waals surface area contributed by atoms with Crippen LogP contribution < -0.4 is 20.8 Å². The fourth-order valence-electron chi connectivity index (χ4n) is 7.66. The Morgan fingerprint density at radius 2 is 1.33 bits per heavy atom. The third-order valence-electron chi connectivity index (χ3n) is 9.73. The molecule has 0 radical (unpaired) electrons. The van der Waals surface area contributed by atoms with Gasteiger partial charge in [0.15, 0.2) is 0 Å². The fourth-order valence-corrected chi connectivity index (χ4v) is 14.9. The number of hydrogen-bond acceptors (Lipinski definition) is 9. The molecule has 282 valence electrons. The Hall–Kier alpha value is -5.16. The van der Waals surface area contributed by atoms with Gasteiger partial charge in [-0.1, -0.05) is 0 Å². The van der Waals surface area contributed by atoms with E-state index in [0.29, 0.717) is 33.7 Å². The number of nitrogens with zero attached hydrogens (tertiary/aromatic N) is 2. The summed E-state index contributed by atoms with van der Waals surface area (Å²) in [5, 5.41) is 1.63. The summed E-state index contributed by atoms with van der Waals surface area (Å²) in [7, 11) is -2.20. The molecule has 0 unspecified atom stereocenters. The van der Waals surface area contributed by atoms with Crippen molar-refractivity contribution >= 4 is 66.6 Å². The van der Waals surface area contributed by atoms with Crippen molar-refractivity contribution in [1.29, 1.82) is 0 Å². The molecule has 4 aromatic carbocycles. The molecule has 11 nitrogen and oxygen atoms in total. The van der Waals surface area contributed by atoms with E-state index in [4.69, 9.17) is 18.4 Å². The number of cyclic esters (lactones) is 1. The molecule has 2 aliphatic rings. The number of carbonyl (C=O) groups excluding carboxylic acids is 5. The minimum atomic E-state index is -4.96. The number of β-lactam (4-membered cyclic amide) rings is 1. The summed E-state index contributed by atoms with van der Waals surface area (Å²) in [4.78, 5) is 69.7. The molecule has 3 atom stereocenters. The molecule has 4 aromatic rings. The number of Topliss-reactive ketones (excluding diaryl/α,β-unsaturated/α-hetero) is 1. The molecule has 0 bridgehead atoms. The predicted molar refractivity (Wildman–Crippen MR) is 210 cm³/mol. The van der Waals surface area contributed by atoms with Gasteiger partial charge in [0.1, 0.15) is 0 Å². The molecule has 13 heteroatoms. The molecular formula is C41H45N2O9PSi. The summed E-state index contributed by atoms with van der Waals surface area (Å²) in [6.45, 7) is 4.21. The van der Waals surface area contributed by atoms with Crippen molar-refractivity contribution < 1.29 is 42.4 Å². The van der Waals surface area contributed by atoms with E-state index in [0.717, 1.165) is 0 Å². The van der Waals surface area contributed by atoms with Crippen LogP contribution in [0.15, 0.2) is 115 Å². The van der Waals surface area contributed by atoms with Crippen molar-refractivity contribution in [2.24, 2.45) is 5.92 Å². The van der Waals surface area contributed by atoms with Crippen LogP contribution in [0.3, 0.4) is 0 Å². The Morgan fingerprint density at radius 1 is 0.815 bits per heavy atom. The third kappa shape index (κ3) is 6.97. The first-order chi connectivity index (χ1) is 25.8. The van der Waals surface area contributed by atoms with Crippen LogP contribution in [0.1, 0.15) is 30.6 Å². The van der Waals surface area contributed by atoms with Gasteiger partial charge in [0.05, 0.1) is 0 Å². The van der Waals surface area contributed by atoms with E-state index in [1.54, 1.807) is 28.9 Å². The van der Waals surface area contributed by atoms with Crippen LogP contribution in [-0.2, 0) is 32.8 Å². The normalized spacial score (nSPS) is 18.5. The van der Waals surface area contributed by atoms with E-state index >= 15 is 4.79 Å². The Bertz CT molecular complexity index is 1930. The second-order valence-electron chi connectivity index (χ2n) is 14.4. The molecule has 0 aromatic heterocycles. The van der Waals surface area contributed by atoms with Crippen molar-refractivity contribution in [3.8, 4) is 0 Å². The molecule has 54 heavy (non-hydrogen) atoms. The third-order valence-corrected chi connectivity index (χ3v) is 16.5. The molecule has 0 aliphatic carbocycles. The standard InChI is InChI=1S/C41H45N2O9PSi/c1-29(52-54(3,4)5)39-36(27-37(45)31-21-23-32(24-22-31)42-25-26-49-41(42)48)43(40(39)47)53(33-15-9-6-10-16-33,34-17-11-7-12-18-34,35-19-13-8-14-20-35)51-38(46)28-50-30(2)44/h6-24,29,36,39H,25-28H2,1-5H3/t29-,36-,39-/m1/s1. The molecule has 0 N–H and O–H groups in total. The van der Waals surface area contributed by atoms with Gasteiger partial charge in [0.2, 0.25) is 0 Å². The zero-order valence-electron chi connectivity index (χ0n) is 31.0. The Kier molecular flexibility index (Phi) is 10.9.